The first kappa shape index (κ1) is 31.5. The monoisotopic (exact) mass is 618 g/mol. The summed E-state index contributed by atoms with van der Waals surface area (Å²) in [5, 5.41) is 53.0. The quantitative estimate of drug-likeness (QED) is 0.171. The van der Waals surface area contributed by atoms with Crippen molar-refractivity contribution < 1.29 is 53.7 Å². The summed E-state index contributed by atoms with van der Waals surface area (Å²) in [4.78, 5) is 36.9. The molecule has 3 saturated carbocycles. The molecule has 4 aliphatic carbocycles. The molecular weight excluding hydrogens is 576 g/mol. The van der Waals surface area contributed by atoms with Crippen LogP contribution >= 0.6 is 0 Å². The van der Waals surface area contributed by atoms with Gasteiger partial charge < -0.3 is 49.0 Å². The van der Waals surface area contributed by atoms with Crippen molar-refractivity contribution in [2.45, 2.75) is 113 Å². The van der Waals surface area contributed by atoms with Crippen LogP contribution < -0.4 is 5.63 Å². The van der Waals surface area contributed by atoms with E-state index in [0.29, 0.717) is 44.1 Å². The molecule has 5 aliphatic rings. The van der Waals surface area contributed by atoms with E-state index in [9.17, 15) is 39.9 Å². The molecule has 13 atom stereocenters. The van der Waals surface area contributed by atoms with Crippen molar-refractivity contribution in [1.82, 2.24) is 0 Å². The number of hydrogen-bond acceptors (Lipinski definition) is 12. The smallest absolute Gasteiger partial charge is 0.335 e. The molecule has 5 N–H and O–H groups in total. The number of aliphatic hydroxyl groups is 5. The van der Waals surface area contributed by atoms with Crippen LogP contribution in [-0.4, -0.2) is 92.9 Å². The summed E-state index contributed by atoms with van der Waals surface area (Å²) in [6.45, 7) is 2.78. The van der Waals surface area contributed by atoms with Gasteiger partial charge in [0.05, 0.1) is 30.0 Å². The number of aldehydes is 1. The molecule has 4 fully saturated rings. The zero-order valence-corrected chi connectivity index (χ0v) is 24.9. The fourth-order valence-corrected chi connectivity index (χ4v) is 9.52. The first-order valence-corrected chi connectivity index (χ1v) is 15.5. The lowest BCUT2D eigenvalue weighted by atomic mass is 9.45. The Balaban J connectivity index is 1.28. The van der Waals surface area contributed by atoms with E-state index in [1.54, 1.807) is 6.07 Å². The standard InChI is InChI=1S/C32H42O12/c1-16(35)42-22-12-32(40)21-5-4-18-11-19(43-29-28(39)27(38)26(37)23(13-33)44-29)7-10-31(18,15-34)20(21)8-9-30(32,2)25(22)17-3-6-24(36)41-14-17/h3,6,11,14-15,19-23,25-29,33,37-40H,4-5,7-10,12-13H2,1-2H3. The Morgan fingerprint density at radius 3 is 2.52 bits per heavy atom. The summed E-state index contributed by atoms with van der Waals surface area (Å²) in [7, 11) is 0. The summed E-state index contributed by atoms with van der Waals surface area (Å²) in [5.74, 6) is -1.30. The highest BCUT2D eigenvalue weighted by Crippen LogP contribution is 2.70. The van der Waals surface area contributed by atoms with Crippen molar-refractivity contribution in [3.8, 4) is 0 Å². The molecule has 0 spiro atoms. The van der Waals surface area contributed by atoms with Crippen LogP contribution in [0.4, 0.5) is 0 Å². The second-order valence-electron chi connectivity index (χ2n) is 13.6. The first-order chi connectivity index (χ1) is 20.9. The largest absolute Gasteiger partial charge is 0.462 e. The summed E-state index contributed by atoms with van der Waals surface area (Å²) in [5.41, 5.74) is -1.72. The van der Waals surface area contributed by atoms with Crippen molar-refractivity contribution in [3.63, 3.8) is 0 Å². The minimum atomic E-state index is -1.55. The van der Waals surface area contributed by atoms with E-state index in [4.69, 9.17) is 18.6 Å². The van der Waals surface area contributed by atoms with Gasteiger partial charge in [-0.3, -0.25) is 4.79 Å². The second kappa shape index (κ2) is 11.4. The normalized spacial score (nSPS) is 46.7. The summed E-state index contributed by atoms with van der Waals surface area (Å²) < 4.78 is 22.5. The lowest BCUT2D eigenvalue weighted by molar-refractivity contribution is -0.308. The van der Waals surface area contributed by atoms with E-state index in [0.717, 1.165) is 11.9 Å². The molecule has 242 valence electrons. The maximum atomic E-state index is 13.1. The van der Waals surface area contributed by atoms with E-state index < -0.39 is 83.5 Å². The lowest BCUT2D eigenvalue weighted by Crippen LogP contribution is -2.61. The van der Waals surface area contributed by atoms with Gasteiger partial charge in [-0.2, -0.15) is 0 Å². The summed E-state index contributed by atoms with van der Waals surface area (Å²) >= 11 is 0. The minimum Gasteiger partial charge on any atom is -0.462 e. The number of esters is 1. The van der Waals surface area contributed by atoms with Gasteiger partial charge in [0.25, 0.3) is 0 Å². The number of carbonyl (C=O) groups is 2. The van der Waals surface area contributed by atoms with E-state index in [1.165, 1.54) is 19.3 Å². The first-order valence-electron chi connectivity index (χ1n) is 15.5. The molecule has 0 radical (unpaired) electrons. The van der Waals surface area contributed by atoms with Gasteiger partial charge in [0, 0.05) is 30.7 Å². The van der Waals surface area contributed by atoms with Gasteiger partial charge in [-0.15, -0.1) is 0 Å². The topological polar surface area (TPSA) is 193 Å². The number of allylic oxidation sites excluding steroid dienone is 1. The highest BCUT2D eigenvalue weighted by atomic mass is 16.7. The SMILES string of the molecule is CC(=O)OC1CC2(O)C3CCC4=CC(OC5OC(CO)C(O)C(O)C5O)CCC4(C=O)C3CCC2(C)C1c1ccc(=O)oc1. The lowest BCUT2D eigenvalue weighted by Gasteiger charge is -2.61. The second-order valence-corrected chi connectivity index (χ2v) is 13.6. The molecule has 1 aromatic heterocycles. The van der Waals surface area contributed by atoms with Crippen LogP contribution in [0, 0.1) is 22.7 Å². The van der Waals surface area contributed by atoms with E-state index in [2.05, 4.69) is 0 Å². The highest BCUT2D eigenvalue weighted by molar-refractivity contribution is 5.68. The molecule has 44 heavy (non-hydrogen) atoms. The van der Waals surface area contributed by atoms with Gasteiger partial charge in [-0.05, 0) is 62.0 Å². The molecule has 1 aliphatic heterocycles. The Bertz CT molecular complexity index is 1340. The van der Waals surface area contributed by atoms with Crippen LogP contribution in [-0.2, 0) is 23.8 Å². The van der Waals surface area contributed by atoms with E-state index >= 15 is 0 Å². The predicted octanol–water partition coefficient (Wildman–Crippen LogP) is 0.707. The Labute approximate surface area is 254 Å². The Hall–Kier alpha value is -2.45. The number of carbonyl (C=O) groups excluding carboxylic acids is 2. The van der Waals surface area contributed by atoms with Crippen LogP contribution in [0.15, 0.2) is 39.3 Å². The van der Waals surface area contributed by atoms with Gasteiger partial charge in [0.1, 0.15) is 36.8 Å². The van der Waals surface area contributed by atoms with Crippen LogP contribution in [0.2, 0.25) is 0 Å². The number of aliphatic hydroxyl groups excluding tert-OH is 4. The van der Waals surface area contributed by atoms with E-state index in [-0.39, 0.29) is 18.3 Å². The molecule has 13 unspecified atom stereocenters. The molecule has 0 aromatic carbocycles. The average molecular weight is 619 g/mol. The number of hydrogen-bond donors (Lipinski definition) is 5. The molecule has 0 bridgehead atoms. The zero-order chi connectivity index (χ0) is 31.6. The fraction of sp³-hybridized carbons (Fsp3) is 0.719. The molecule has 2 heterocycles. The zero-order valence-electron chi connectivity index (χ0n) is 24.9. The van der Waals surface area contributed by atoms with Gasteiger partial charge in [0.2, 0.25) is 0 Å². The molecule has 0 amide bonds. The van der Waals surface area contributed by atoms with Crippen LogP contribution in [0.5, 0.6) is 0 Å². The van der Waals surface area contributed by atoms with Crippen molar-refractivity contribution in [2.75, 3.05) is 6.61 Å². The number of fused-ring (bicyclic) bond motifs is 5. The summed E-state index contributed by atoms with van der Waals surface area (Å²) in [6, 6.07) is 3.00. The van der Waals surface area contributed by atoms with Crippen LogP contribution in [0.25, 0.3) is 0 Å². The summed E-state index contributed by atoms with van der Waals surface area (Å²) in [6.07, 6.45) is -0.449. The number of ether oxygens (including phenoxy) is 3. The molecular formula is C32H42O12. The predicted molar refractivity (Wildman–Crippen MR) is 151 cm³/mol. The third kappa shape index (κ3) is 4.72. The van der Waals surface area contributed by atoms with Crippen LogP contribution in [0.1, 0.15) is 70.3 Å². The molecule has 1 saturated heterocycles. The van der Waals surface area contributed by atoms with Crippen molar-refractivity contribution in [1.29, 1.82) is 0 Å². The molecule has 1 aromatic rings. The van der Waals surface area contributed by atoms with Crippen molar-refractivity contribution >= 4 is 12.3 Å². The molecule has 12 nitrogen and oxygen atoms in total. The molecule has 6 rings (SSSR count). The van der Waals surface area contributed by atoms with Crippen LogP contribution in [0.3, 0.4) is 0 Å². The Kier molecular flexibility index (Phi) is 8.18. The van der Waals surface area contributed by atoms with Gasteiger partial charge in [0.15, 0.2) is 6.29 Å². The van der Waals surface area contributed by atoms with Gasteiger partial charge in [-0.25, -0.2) is 4.79 Å². The van der Waals surface area contributed by atoms with Crippen molar-refractivity contribution in [3.05, 3.63) is 46.0 Å². The third-order valence-electron chi connectivity index (χ3n) is 11.6. The van der Waals surface area contributed by atoms with E-state index in [1.807, 2.05) is 13.0 Å². The number of rotatable bonds is 6. The van der Waals surface area contributed by atoms with Gasteiger partial charge >= 0.3 is 11.6 Å². The maximum absolute atomic E-state index is 13.1. The van der Waals surface area contributed by atoms with Gasteiger partial charge in [-0.1, -0.05) is 18.6 Å². The molecule has 12 heteroatoms. The third-order valence-corrected chi connectivity index (χ3v) is 11.6. The maximum Gasteiger partial charge on any atom is 0.335 e. The van der Waals surface area contributed by atoms with Crippen molar-refractivity contribution in [2.24, 2.45) is 22.7 Å². The Morgan fingerprint density at radius 2 is 1.86 bits per heavy atom. The Morgan fingerprint density at radius 1 is 1.09 bits per heavy atom. The minimum absolute atomic E-state index is 0.170. The fourth-order valence-electron chi connectivity index (χ4n) is 9.52. The highest BCUT2D eigenvalue weighted by Gasteiger charge is 2.70. The average Bonchev–Trinajstić information content (AvgIpc) is 3.23.